The van der Waals surface area contributed by atoms with Gasteiger partial charge in [-0.15, -0.1) is 0 Å². The Kier molecular flexibility index (Phi) is 7.41. The van der Waals surface area contributed by atoms with Crippen LogP contribution in [0.1, 0.15) is 68.6 Å². The van der Waals surface area contributed by atoms with Crippen molar-refractivity contribution in [2.45, 2.75) is 64.3 Å². The molecule has 0 saturated heterocycles. The van der Waals surface area contributed by atoms with Crippen LogP contribution in [-0.4, -0.2) is 37.6 Å². The summed E-state index contributed by atoms with van der Waals surface area (Å²) in [5.41, 5.74) is 0.668. The quantitative estimate of drug-likeness (QED) is 0.538. The molecule has 134 valence electrons. The highest BCUT2D eigenvalue weighted by Crippen LogP contribution is 2.29. The highest BCUT2D eigenvalue weighted by Gasteiger charge is 2.23. The van der Waals surface area contributed by atoms with Crippen molar-refractivity contribution in [2.75, 3.05) is 20.8 Å². The monoisotopic (exact) mass is 333 g/mol. The number of rotatable bonds is 7. The molecule has 0 aliphatic heterocycles. The van der Waals surface area contributed by atoms with Crippen LogP contribution in [0.2, 0.25) is 0 Å². The molecule has 1 aliphatic rings. The van der Waals surface area contributed by atoms with Crippen LogP contribution in [0.15, 0.2) is 18.2 Å². The number of hydrogen-bond acceptors (Lipinski definition) is 3. The van der Waals surface area contributed by atoms with Gasteiger partial charge in [-0.05, 0) is 37.5 Å². The summed E-state index contributed by atoms with van der Waals surface area (Å²) in [4.78, 5) is 14.7. The molecule has 0 bridgehead atoms. The van der Waals surface area contributed by atoms with E-state index in [-0.39, 0.29) is 5.91 Å². The molecule has 1 aliphatic carbocycles. The van der Waals surface area contributed by atoms with E-state index >= 15 is 0 Å². The number of carbonyl (C=O) groups excluding carboxylic acids is 1. The van der Waals surface area contributed by atoms with Gasteiger partial charge in [0.15, 0.2) is 11.5 Å². The molecule has 1 aromatic carbocycles. The number of carbonyl (C=O) groups is 1. The molecule has 4 nitrogen and oxygen atoms in total. The number of ether oxygens (including phenoxy) is 2. The normalized spacial score (nSPS) is 15.6. The molecule has 0 spiro atoms. The standard InChI is InChI=1S/C20H31NO3/c1-4-5-14-24-18-13-12-16(15-19(18)23-3)20(22)21(2)17-10-8-6-7-9-11-17/h12-13,15,17H,4-11,14H2,1-3H3. The van der Waals surface area contributed by atoms with Gasteiger partial charge in [0, 0.05) is 18.7 Å². The lowest BCUT2D eigenvalue weighted by Gasteiger charge is -2.27. The Balaban J connectivity index is 2.07. The minimum absolute atomic E-state index is 0.0697. The molecule has 1 saturated carbocycles. The Bertz CT molecular complexity index is 522. The molecule has 24 heavy (non-hydrogen) atoms. The molecule has 0 atom stereocenters. The lowest BCUT2D eigenvalue weighted by Crippen LogP contribution is -2.36. The third-order valence-corrected chi connectivity index (χ3v) is 4.86. The van der Waals surface area contributed by atoms with Crippen molar-refractivity contribution in [2.24, 2.45) is 0 Å². The number of amides is 1. The van der Waals surface area contributed by atoms with E-state index in [0.717, 1.165) is 25.7 Å². The predicted octanol–water partition coefficient (Wildman–Crippen LogP) is 4.67. The molecule has 1 aromatic rings. The molecular formula is C20H31NO3. The second-order valence-electron chi connectivity index (χ2n) is 6.63. The molecule has 2 rings (SSSR count). The van der Waals surface area contributed by atoms with Crippen LogP contribution >= 0.6 is 0 Å². The third-order valence-electron chi connectivity index (χ3n) is 4.86. The van der Waals surface area contributed by atoms with Crippen LogP contribution in [0.25, 0.3) is 0 Å². The number of nitrogens with zero attached hydrogens (tertiary/aromatic N) is 1. The van der Waals surface area contributed by atoms with Crippen LogP contribution in [-0.2, 0) is 0 Å². The number of methoxy groups -OCH3 is 1. The number of benzene rings is 1. The summed E-state index contributed by atoms with van der Waals surface area (Å²) < 4.78 is 11.2. The summed E-state index contributed by atoms with van der Waals surface area (Å²) in [5, 5.41) is 0. The summed E-state index contributed by atoms with van der Waals surface area (Å²) in [6.07, 6.45) is 9.33. The Labute approximate surface area is 146 Å². The van der Waals surface area contributed by atoms with E-state index in [1.807, 2.05) is 24.1 Å². The highest BCUT2D eigenvalue weighted by molar-refractivity contribution is 5.95. The summed E-state index contributed by atoms with van der Waals surface area (Å²) in [5.74, 6) is 1.41. The topological polar surface area (TPSA) is 38.8 Å². The largest absolute Gasteiger partial charge is 0.493 e. The van der Waals surface area contributed by atoms with Crippen molar-refractivity contribution in [3.05, 3.63) is 23.8 Å². The van der Waals surface area contributed by atoms with Crippen LogP contribution < -0.4 is 9.47 Å². The summed E-state index contributed by atoms with van der Waals surface area (Å²) in [6, 6.07) is 5.85. The second kappa shape index (κ2) is 9.55. The van der Waals surface area contributed by atoms with E-state index in [9.17, 15) is 4.79 Å². The molecule has 0 unspecified atom stereocenters. The molecule has 1 fully saturated rings. The van der Waals surface area contributed by atoms with E-state index in [1.165, 1.54) is 25.7 Å². The highest BCUT2D eigenvalue weighted by atomic mass is 16.5. The van der Waals surface area contributed by atoms with Gasteiger partial charge < -0.3 is 14.4 Å². The van der Waals surface area contributed by atoms with Crippen LogP contribution in [0.4, 0.5) is 0 Å². The number of unbranched alkanes of at least 4 members (excludes halogenated alkanes) is 1. The van der Waals surface area contributed by atoms with Gasteiger partial charge in [0.25, 0.3) is 5.91 Å². The molecule has 1 amide bonds. The number of hydrogen-bond donors (Lipinski definition) is 0. The Morgan fingerprint density at radius 3 is 2.50 bits per heavy atom. The second-order valence-corrected chi connectivity index (χ2v) is 6.63. The van der Waals surface area contributed by atoms with Gasteiger partial charge in [-0.25, -0.2) is 0 Å². The average molecular weight is 333 g/mol. The van der Waals surface area contributed by atoms with Gasteiger partial charge in [-0.3, -0.25) is 4.79 Å². The lowest BCUT2D eigenvalue weighted by molar-refractivity contribution is 0.0717. The Hall–Kier alpha value is -1.71. The zero-order valence-corrected chi connectivity index (χ0v) is 15.3. The van der Waals surface area contributed by atoms with E-state index in [4.69, 9.17) is 9.47 Å². The zero-order valence-electron chi connectivity index (χ0n) is 15.3. The molecule has 0 N–H and O–H groups in total. The zero-order chi connectivity index (χ0) is 17.4. The molecule has 4 heteroatoms. The minimum Gasteiger partial charge on any atom is -0.493 e. The van der Waals surface area contributed by atoms with Crippen molar-refractivity contribution in [1.82, 2.24) is 4.90 Å². The molecule has 0 radical (unpaired) electrons. The minimum atomic E-state index is 0.0697. The smallest absolute Gasteiger partial charge is 0.253 e. The van der Waals surface area contributed by atoms with Crippen molar-refractivity contribution in [3.8, 4) is 11.5 Å². The van der Waals surface area contributed by atoms with E-state index in [2.05, 4.69) is 6.92 Å². The first-order valence-electron chi connectivity index (χ1n) is 9.25. The first kappa shape index (κ1) is 18.6. The summed E-state index contributed by atoms with van der Waals surface area (Å²) >= 11 is 0. The van der Waals surface area contributed by atoms with Crippen LogP contribution in [0.3, 0.4) is 0 Å². The van der Waals surface area contributed by atoms with Gasteiger partial charge in [-0.2, -0.15) is 0 Å². The summed E-state index contributed by atoms with van der Waals surface area (Å²) in [6.45, 7) is 2.80. The fraction of sp³-hybridized carbons (Fsp3) is 0.650. The first-order valence-corrected chi connectivity index (χ1v) is 9.25. The molecular weight excluding hydrogens is 302 g/mol. The maximum atomic E-state index is 12.8. The van der Waals surface area contributed by atoms with Crippen molar-refractivity contribution >= 4 is 5.91 Å². The third kappa shape index (κ3) is 4.89. The van der Waals surface area contributed by atoms with Gasteiger partial charge in [0.2, 0.25) is 0 Å². The van der Waals surface area contributed by atoms with Gasteiger partial charge in [0.1, 0.15) is 0 Å². The van der Waals surface area contributed by atoms with Crippen molar-refractivity contribution < 1.29 is 14.3 Å². The van der Waals surface area contributed by atoms with Gasteiger partial charge in [-0.1, -0.05) is 39.0 Å². The average Bonchev–Trinajstić information content (AvgIpc) is 2.90. The van der Waals surface area contributed by atoms with Gasteiger partial charge >= 0.3 is 0 Å². The van der Waals surface area contributed by atoms with E-state index in [0.29, 0.717) is 29.7 Å². The molecule has 0 heterocycles. The SMILES string of the molecule is CCCCOc1ccc(C(=O)N(C)C2CCCCCC2)cc1OC. The molecule has 0 aromatic heterocycles. The van der Waals surface area contributed by atoms with Gasteiger partial charge in [0.05, 0.1) is 13.7 Å². The maximum Gasteiger partial charge on any atom is 0.253 e. The lowest BCUT2D eigenvalue weighted by atomic mass is 10.1. The van der Waals surface area contributed by atoms with E-state index in [1.54, 1.807) is 13.2 Å². The predicted molar refractivity (Wildman–Crippen MR) is 97.0 cm³/mol. The maximum absolute atomic E-state index is 12.8. The fourth-order valence-corrected chi connectivity index (χ4v) is 3.26. The summed E-state index contributed by atoms with van der Waals surface area (Å²) in [7, 11) is 3.54. The van der Waals surface area contributed by atoms with Crippen molar-refractivity contribution in [3.63, 3.8) is 0 Å². The van der Waals surface area contributed by atoms with Crippen LogP contribution in [0, 0.1) is 0 Å². The Morgan fingerprint density at radius 2 is 1.88 bits per heavy atom. The fourth-order valence-electron chi connectivity index (χ4n) is 3.26. The Morgan fingerprint density at radius 1 is 1.17 bits per heavy atom. The van der Waals surface area contributed by atoms with E-state index < -0.39 is 0 Å². The first-order chi connectivity index (χ1) is 11.7. The van der Waals surface area contributed by atoms with Crippen molar-refractivity contribution in [1.29, 1.82) is 0 Å². The van der Waals surface area contributed by atoms with Crippen LogP contribution in [0.5, 0.6) is 11.5 Å².